The van der Waals surface area contributed by atoms with Gasteiger partial charge in [-0.05, 0) is 65.4 Å². The van der Waals surface area contributed by atoms with Crippen LogP contribution in [-0.2, 0) is 27.7 Å². The van der Waals surface area contributed by atoms with Crippen LogP contribution < -0.4 is 4.74 Å². The van der Waals surface area contributed by atoms with Crippen LogP contribution in [0.1, 0.15) is 36.0 Å². The Kier molecular flexibility index (Phi) is 5.96. The second-order valence-electron chi connectivity index (χ2n) is 8.02. The van der Waals surface area contributed by atoms with Crippen molar-refractivity contribution in [1.82, 2.24) is 0 Å². The summed E-state index contributed by atoms with van der Waals surface area (Å²) in [5.41, 5.74) is 1.60. The van der Waals surface area contributed by atoms with E-state index in [1.165, 1.54) is 19.2 Å². The van der Waals surface area contributed by atoms with Crippen molar-refractivity contribution in [2.24, 2.45) is 0 Å². The summed E-state index contributed by atoms with van der Waals surface area (Å²) < 4.78 is 50.0. The summed E-state index contributed by atoms with van der Waals surface area (Å²) in [6, 6.07) is 20.1. The molecule has 3 aromatic carbocycles. The molecule has 3 aromatic rings. The predicted molar refractivity (Wildman–Crippen MR) is 115 cm³/mol. The van der Waals surface area contributed by atoms with Gasteiger partial charge in [-0.15, -0.1) is 0 Å². The number of benzene rings is 3. The molecule has 3 nitrogen and oxygen atoms in total. The Morgan fingerprint density at radius 2 is 1.62 bits per heavy atom. The van der Waals surface area contributed by atoms with Gasteiger partial charge in [-0.3, -0.25) is 4.79 Å². The minimum atomic E-state index is -4.40. The molecule has 0 spiro atoms. The summed E-state index contributed by atoms with van der Waals surface area (Å²) >= 11 is 0. The van der Waals surface area contributed by atoms with Gasteiger partial charge in [-0.25, -0.2) is 0 Å². The lowest BCUT2D eigenvalue weighted by Gasteiger charge is -2.39. The molecule has 0 saturated heterocycles. The third-order valence-corrected chi connectivity index (χ3v) is 6.04. The van der Waals surface area contributed by atoms with Crippen molar-refractivity contribution in [3.05, 3.63) is 89.5 Å². The fourth-order valence-electron chi connectivity index (χ4n) is 4.05. The van der Waals surface area contributed by atoms with E-state index >= 15 is 0 Å². The molecule has 0 bridgehead atoms. The second kappa shape index (κ2) is 8.69. The van der Waals surface area contributed by atoms with Crippen molar-refractivity contribution in [3.63, 3.8) is 0 Å². The summed E-state index contributed by atoms with van der Waals surface area (Å²) in [5, 5.41) is 0. The molecular weight excluding hydrogens is 417 g/mol. The molecule has 166 valence electrons. The highest BCUT2D eigenvalue weighted by atomic mass is 19.4. The number of hydrogen-bond acceptors (Lipinski definition) is 3. The van der Waals surface area contributed by atoms with Gasteiger partial charge in [-0.2, -0.15) is 13.2 Å². The Balaban J connectivity index is 1.72. The van der Waals surface area contributed by atoms with E-state index in [-0.39, 0.29) is 5.97 Å². The van der Waals surface area contributed by atoms with Crippen molar-refractivity contribution in [3.8, 4) is 16.9 Å². The second-order valence-corrected chi connectivity index (χ2v) is 8.02. The van der Waals surface area contributed by atoms with Gasteiger partial charge in [0.15, 0.2) is 0 Å². The number of rotatable bonds is 6. The lowest BCUT2D eigenvalue weighted by molar-refractivity contribution is -0.151. The molecule has 0 unspecified atom stereocenters. The minimum absolute atomic E-state index is 0.303. The lowest BCUT2D eigenvalue weighted by Crippen LogP contribution is -2.43. The normalized spacial score (nSPS) is 15.0. The monoisotopic (exact) mass is 440 g/mol. The molecule has 0 aromatic heterocycles. The summed E-state index contributed by atoms with van der Waals surface area (Å²) in [6.45, 7) is 0.335. The van der Waals surface area contributed by atoms with E-state index in [2.05, 4.69) is 0 Å². The fraction of sp³-hybridized carbons (Fsp3) is 0.269. The standard InChI is InChI=1S/C26H23F3O3/c1-31-24(30)25(12-5-13-25)22-14-20(19-8-10-21(11-9-19)26(27,28)29)15-23(16-22)32-17-18-6-3-2-4-7-18/h2-4,6-11,14-16H,5,12-13,17H2,1H3. The lowest BCUT2D eigenvalue weighted by atomic mass is 9.64. The molecule has 0 amide bonds. The maximum atomic E-state index is 13.0. The van der Waals surface area contributed by atoms with Crippen molar-refractivity contribution in [2.75, 3.05) is 7.11 Å². The molecule has 1 aliphatic rings. The first-order valence-electron chi connectivity index (χ1n) is 10.4. The van der Waals surface area contributed by atoms with E-state index in [0.717, 1.165) is 29.7 Å². The van der Waals surface area contributed by atoms with Crippen LogP contribution in [-0.4, -0.2) is 13.1 Å². The molecule has 0 atom stereocenters. The first-order valence-corrected chi connectivity index (χ1v) is 10.4. The topological polar surface area (TPSA) is 35.5 Å². The molecule has 6 heteroatoms. The molecule has 1 fully saturated rings. The average molecular weight is 440 g/mol. The Labute approximate surface area is 184 Å². The van der Waals surface area contributed by atoms with Gasteiger partial charge in [-0.1, -0.05) is 48.9 Å². The molecule has 1 saturated carbocycles. The molecule has 4 rings (SSSR count). The van der Waals surface area contributed by atoms with E-state index in [4.69, 9.17) is 9.47 Å². The van der Waals surface area contributed by atoms with Gasteiger partial charge < -0.3 is 9.47 Å². The van der Waals surface area contributed by atoms with Crippen molar-refractivity contribution in [1.29, 1.82) is 0 Å². The van der Waals surface area contributed by atoms with Gasteiger partial charge in [0.25, 0.3) is 0 Å². The van der Waals surface area contributed by atoms with Crippen molar-refractivity contribution < 1.29 is 27.4 Å². The molecule has 0 N–H and O–H groups in total. The predicted octanol–water partition coefficient (Wildman–Crippen LogP) is 6.55. The van der Waals surface area contributed by atoms with Crippen molar-refractivity contribution in [2.45, 2.75) is 37.5 Å². The van der Waals surface area contributed by atoms with Crippen LogP contribution in [0.2, 0.25) is 0 Å². The highest BCUT2D eigenvalue weighted by Gasteiger charge is 2.47. The molecule has 32 heavy (non-hydrogen) atoms. The van der Waals surface area contributed by atoms with Crippen LogP contribution in [0, 0.1) is 0 Å². The Hall–Kier alpha value is -3.28. The quantitative estimate of drug-likeness (QED) is 0.408. The van der Waals surface area contributed by atoms with Crippen LogP contribution in [0.15, 0.2) is 72.8 Å². The highest BCUT2D eigenvalue weighted by Crippen LogP contribution is 2.47. The van der Waals surface area contributed by atoms with Crippen LogP contribution in [0.5, 0.6) is 5.75 Å². The van der Waals surface area contributed by atoms with Crippen LogP contribution in [0.3, 0.4) is 0 Å². The third kappa shape index (κ3) is 4.35. The Bertz CT molecular complexity index is 1090. The third-order valence-electron chi connectivity index (χ3n) is 6.04. The maximum Gasteiger partial charge on any atom is 0.416 e. The minimum Gasteiger partial charge on any atom is -0.489 e. The van der Waals surface area contributed by atoms with Gasteiger partial charge in [0.1, 0.15) is 12.4 Å². The van der Waals surface area contributed by atoms with E-state index < -0.39 is 17.2 Å². The smallest absolute Gasteiger partial charge is 0.416 e. The zero-order valence-corrected chi connectivity index (χ0v) is 17.6. The number of alkyl halides is 3. The van der Waals surface area contributed by atoms with Gasteiger partial charge in [0.2, 0.25) is 0 Å². The number of carbonyl (C=O) groups excluding carboxylic acids is 1. The van der Waals surface area contributed by atoms with Crippen LogP contribution in [0.4, 0.5) is 13.2 Å². The van der Waals surface area contributed by atoms with Gasteiger partial charge >= 0.3 is 12.1 Å². The van der Waals surface area contributed by atoms with Crippen molar-refractivity contribution >= 4 is 5.97 Å². The van der Waals surface area contributed by atoms with E-state index in [1.807, 2.05) is 42.5 Å². The van der Waals surface area contributed by atoms with Crippen LogP contribution in [0.25, 0.3) is 11.1 Å². The summed E-state index contributed by atoms with van der Waals surface area (Å²) in [4.78, 5) is 12.6. The molecular formula is C26H23F3O3. The van der Waals surface area contributed by atoms with E-state index in [0.29, 0.717) is 36.3 Å². The molecule has 0 heterocycles. The van der Waals surface area contributed by atoms with Gasteiger partial charge in [0, 0.05) is 0 Å². The average Bonchev–Trinajstić information content (AvgIpc) is 2.77. The first-order chi connectivity index (χ1) is 15.3. The number of halogens is 3. The maximum absolute atomic E-state index is 13.0. The zero-order chi connectivity index (χ0) is 22.8. The number of esters is 1. The zero-order valence-electron chi connectivity index (χ0n) is 17.6. The summed E-state index contributed by atoms with van der Waals surface area (Å²) in [6.07, 6.45) is -2.17. The van der Waals surface area contributed by atoms with E-state index in [1.54, 1.807) is 6.07 Å². The van der Waals surface area contributed by atoms with Crippen LogP contribution >= 0.6 is 0 Å². The Morgan fingerprint density at radius 1 is 0.938 bits per heavy atom. The SMILES string of the molecule is COC(=O)C1(c2cc(OCc3ccccc3)cc(-c3ccc(C(F)(F)F)cc3)c2)CCC1. The largest absolute Gasteiger partial charge is 0.489 e. The first kappa shape index (κ1) is 21.9. The number of ether oxygens (including phenoxy) is 2. The number of hydrogen-bond donors (Lipinski definition) is 0. The Morgan fingerprint density at radius 3 is 2.19 bits per heavy atom. The molecule has 0 aliphatic heterocycles. The molecule has 0 radical (unpaired) electrons. The fourth-order valence-corrected chi connectivity index (χ4v) is 4.05. The summed E-state index contributed by atoms with van der Waals surface area (Å²) in [5.74, 6) is 0.249. The molecule has 1 aliphatic carbocycles. The number of methoxy groups -OCH3 is 1. The number of carbonyl (C=O) groups is 1. The summed E-state index contributed by atoms with van der Waals surface area (Å²) in [7, 11) is 1.37. The van der Waals surface area contributed by atoms with Gasteiger partial charge in [0.05, 0.1) is 18.1 Å². The highest BCUT2D eigenvalue weighted by molar-refractivity contribution is 5.85. The van der Waals surface area contributed by atoms with E-state index in [9.17, 15) is 18.0 Å².